The zero-order chi connectivity index (χ0) is 14.1. The smallest absolute Gasteiger partial charge is 0.326 e. The quantitative estimate of drug-likeness (QED) is 0.716. The van der Waals surface area contributed by atoms with Crippen molar-refractivity contribution in [3.63, 3.8) is 0 Å². The van der Waals surface area contributed by atoms with E-state index in [-0.39, 0.29) is 0 Å². The lowest BCUT2D eigenvalue weighted by Crippen LogP contribution is -2.46. The van der Waals surface area contributed by atoms with Crippen LogP contribution in [0.3, 0.4) is 0 Å². The van der Waals surface area contributed by atoms with Crippen LogP contribution in [0.5, 0.6) is 0 Å². The molecule has 0 aromatic carbocycles. The number of ether oxygens (including phenoxy) is 1. The summed E-state index contributed by atoms with van der Waals surface area (Å²) in [6.45, 7) is 0. The molecule has 104 valence electrons. The molecule has 0 N–H and O–H groups in total. The molecule has 1 atom stereocenters. The molecule has 0 aliphatic heterocycles. The fourth-order valence-corrected chi connectivity index (χ4v) is 0.718. The molecule has 17 heavy (non-hydrogen) atoms. The molecule has 0 spiro atoms. The second-order valence-corrected chi connectivity index (χ2v) is 2.83. The minimum atomic E-state index is -6.05. The van der Waals surface area contributed by atoms with Gasteiger partial charge in [-0.3, -0.25) is 0 Å². The molecule has 0 aliphatic carbocycles. The van der Waals surface area contributed by atoms with Gasteiger partial charge in [-0.15, -0.1) is 0 Å². The molecule has 0 aliphatic rings. The Labute approximate surface area is 87.3 Å². The van der Waals surface area contributed by atoms with Crippen LogP contribution in [0, 0.1) is 0 Å². The molecular formula is C6H4F10O. The Morgan fingerprint density at radius 1 is 0.765 bits per heavy atom. The molecule has 0 radical (unpaired) electrons. The van der Waals surface area contributed by atoms with E-state index in [9.17, 15) is 43.9 Å². The highest BCUT2D eigenvalue weighted by Crippen LogP contribution is 2.37. The second kappa shape index (κ2) is 4.86. The van der Waals surface area contributed by atoms with Gasteiger partial charge in [0.15, 0.2) is 0 Å². The van der Waals surface area contributed by atoms with Crippen molar-refractivity contribution < 1.29 is 48.6 Å². The van der Waals surface area contributed by atoms with Gasteiger partial charge in [-0.05, 0) is 0 Å². The molecule has 1 unspecified atom stereocenters. The van der Waals surface area contributed by atoms with Crippen molar-refractivity contribution in [2.45, 2.75) is 37.4 Å². The third-order valence-electron chi connectivity index (χ3n) is 1.27. The van der Waals surface area contributed by atoms with E-state index in [2.05, 4.69) is 4.74 Å². The largest absolute Gasteiger partial charge is 0.423 e. The summed E-state index contributed by atoms with van der Waals surface area (Å²) in [6.07, 6.45) is -28.3. The summed E-state index contributed by atoms with van der Waals surface area (Å²) < 4.78 is 120. The first-order valence-electron chi connectivity index (χ1n) is 3.73. The Morgan fingerprint density at radius 3 is 1.35 bits per heavy atom. The van der Waals surface area contributed by atoms with Crippen molar-refractivity contribution in [2.75, 3.05) is 0 Å². The maximum atomic E-state index is 12.3. The van der Waals surface area contributed by atoms with Gasteiger partial charge in [-0.2, -0.15) is 39.5 Å². The first-order chi connectivity index (χ1) is 7.23. The molecule has 0 aromatic heterocycles. The van der Waals surface area contributed by atoms with Crippen LogP contribution in [0.15, 0.2) is 0 Å². The lowest BCUT2D eigenvalue weighted by Gasteiger charge is -2.25. The van der Waals surface area contributed by atoms with Crippen LogP contribution in [-0.4, -0.2) is 31.0 Å². The zero-order valence-electron chi connectivity index (χ0n) is 7.55. The Kier molecular flexibility index (Phi) is 4.65. The Bertz CT molecular complexity index is 223. The van der Waals surface area contributed by atoms with Gasteiger partial charge in [0, 0.05) is 0 Å². The lowest BCUT2D eigenvalue weighted by molar-refractivity contribution is -0.347. The topological polar surface area (TPSA) is 9.23 Å². The van der Waals surface area contributed by atoms with Crippen molar-refractivity contribution in [1.82, 2.24) is 0 Å². The van der Waals surface area contributed by atoms with Gasteiger partial charge >= 0.3 is 18.5 Å². The van der Waals surface area contributed by atoms with Crippen LogP contribution >= 0.6 is 0 Å². The van der Waals surface area contributed by atoms with E-state index in [1.54, 1.807) is 0 Å². The van der Waals surface area contributed by atoms with Crippen LogP contribution in [0.25, 0.3) is 0 Å². The summed E-state index contributed by atoms with van der Waals surface area (Å²) in [5.41, 5.74) is 0. The van der Waals surface area contributed by atoms with E-state index in [0.717, 1.165) is 0 Å². The van der Waals surface area contributed by atoms with Crippen molar-refractivity contribution in [1.29, 1.82) is 0 Å². The normalized spacial score (nSPS) is 16.4. The average molecular weight is 282 g/mol. The van der Waals surface area contributed by atoms with Gasteiger partial charge in [-0.1, -0.05) is 0 Å². The Balaban J connectivity index is 4.68. The van der Waals surface area contributed by atoms with Gasteiger partial charge in [0.05, 0.1) is 6.42 Å². The molecule has 0 bridgehead atoms. The molecule has 0 aromatic rings. The van der Waals surface area contributed by atoms with E-state index in [4.69, 9.17) is 0 Å². The minimum absolute atomic E-state index is 2.56. The summed E-state index contributed by atoms with van der Waals surface area (Å²) in [5, 5.41) is 0. The molecule has 0 saturated carbocycles. The fraction of sp³-hybridized carbons (Fsp3) is 1.00. The predicted octanol–water partition coefficient (Wildman–Crippen LogP) is 3.74. The highest BCUT2D eigenvalue weighted by molar-refractivity contribution is 4.76. The van der Waals surface area contributed by atoms with E-state index < -0.39 is 37.4 Å². The van der Waals surface area contributed by atoms with E-state index >= 15 is 0 Å². The summed E-state index contributed by atoms with van der Waals surface area (Å²) >= 11 is 0. The first-order valence-corrected chi connectivity index (χ1v) is 3.73. The minimum Gasteiger partial charge on any atom is -0.326 e. The Hall–Kier alpha value is -0.740. The maximum Gasteiger partial charge on any atom is 0.423 e. The van der Waals surface area contributed by atoms with Crippen LogP contribution in [0.1, 0.15) is 6.42 Å². The van der Waals surface area contributed by atoms with Crippen LogP contribution in [-0.2, 0) is 4.74 Å². The van der Waals surface area contributed by atoms with Gasteiger partial charge in [-0.25, -0.2) is 4.39 Å². The SMILES string of the molecule is FC(CC(F)(F)F)OC(C(F)(F)F)C(F)(F)F. The third-order valence-corrected chi connectivity index (χ3v) is 1.27. The molecular weight excluding hydrogens is 278 g/mol. The first kappa shape index (κ1) is 16.3. The molecule has 0 saturated heterocycles. The summed E-state index contributed by atoms with van der Waals surface area (Å²) in [6, 6.07) is 0. The monoisotopic (exact) mass is 282 g/mol. The summed E-state index contributed by atoms with van der Waals surface area (Å²) in [5.74, 6) is 0. The fourth-order valence-electron chi connectivity index (χ4n) is 0.718. The van der Waals surface area contributed by atoms with Crippen molar-refractivity contribution in [3.05, 3.63) is 0 Å². The van der Waals surface area contributed by atoms with Crippen molar-refractivity contribution in [3.8, 4) is 0 Å². The molecule has 11 heteroatoms. The van der Waals surface area contributed by atoms with E-state index in [1.807, 2.05) is 0 Å². The maximum absolute atomic E-state index is 12.3. The van der Waals surface area contributed by atoms with Crippen molar-refractivity contribution >= 4 is 0 Å². The molecule has 0 fully saturated rings. The van der Waals surface area contributed by atoms with Gasteiger partial charge < -0.3 is 4.74 Å². The van der Waals surface area contributed by atoms with Gasteiger partial charge in [0.25, 0.3) is 6.10 Å². The summed E-state index contributed by atoms with van der Waals surface area (Å²) in [7, 11) is 0. The van der Waals surface area contributed by atoms with Crippen LogP contribution in [0.4, 0.5) is 43.9 Å². The average Bonchev–Trinajstić information content (AvgIpc) is 1.91. The number of hydrogen-bond donors (Lipinski definition) is 0. The highest BCUT2D eigenvalue weighted by atomic mass is 19.4. The number of rotatable bonds is 3. The summed E-state index contributed by atoms with van der Waals surface area (Å²) in [4.78, 5) is 0. The van der Waals surface area contributed by atoms with Gasteiger partial charge in [0.2, 0.25) is 6.36 Å². The highest BCUT2D eigenvalue weighted by Gasteiger charge is 2.59. The lowest BCUT2D eigenvalue weighted by atomic mass is 10.3. The molecule has 0 heterocycles. The predicted molar refractivity (Wildman–Crippen MR) is 32.6 cm³/mol. The Morgan fingerprint density at radius 2 is 1.12 bits per heavy atom. The zero-order valence-corrected chi connectivity index (χ0v) is 7.55. The number of hydrogen-bond acceptors (Lipinski definition) is 1. The van der Waals surface area contributed by atoms with Gasteiger partial charge in [0.1, 0.15) is 0 Å². The van der Waals surface area contributed by atoms with Crippen LogP contribution in [0.2, 0.25) is 0 Å². The second-order valence-electron chi connectivity index (χ2n) is 2.83. The van der Waals surface area contributed by atoms with Crippen molar-refractivity contribution in [2.24, 2.45) is 0 Å². The molecule has 0 rings (SSSR count). The van der Waals surface area contributed by atoms with Crippen LogP contribution < -0.4 is 0 Å². The molecule has 0 amide bonds. The number of alkyl halides is 10. The van der Waals surface area contributed by atoms with E-state index in [1.165, 1.54) is 0 Å². The number of halogens is 10. The molecule has 1 nitrogen and oxygen atoms in total. The van der Waals surface area contributed by atoms with E-state index in [0.29, 0.717) is 0 Å². The standard InChI is InChI=1S/C6H4F10O/c7-2(1-4(8,9)10)17-3(5(11,12)13)6(14,15)16/h2-3H,1H2. The third kappa shape index (κ3) is 6.54.